The van der Waals surface area contributed by atoms with Gasteiger partial charge in [0.15, 0.2) is 17.3 Å². The van der Waals surface area contributed by atoms with Gasteiger partial charge in [-0.25, -0.2) is 0 Å². The van der Waals surface area contributed by atoms with E-state index in [-0.39, 0.29) is 17.3 Å². The first-order chi connectivity index (χ1) is 14.9. The zero-order chi connectivity index (χ0) is 23.6. The summed E-state index contributed by atoms with van der Waals surface area (Å²) in [4.78, 5) is 37.7. The molecule has 0 spiro atoms. The van der Waals surface area contributed by atoms with Crippen molar-refractivity contribution in [3.8, 4) is 11.5 Å². The summed E-state index contributed by atoms with van der Waals surface area (Å²) in [7, 11) is 1.30. The van der Waals surface area contributed by atoms with Crippen LogP contribution in [0.25, 0.3) is 0 Å². The second-order valence-electron chi connectivity index (χ2n) is 9.98. The molecule has 1 heterocycles. The number of nitrogens with zero attached hydrogens (tertiary/aromatic N) is 1. The molecule has 1 aliphatic heterocycles. The molecule has 8 nitrogen and oxygen atoms in total. The van der Waals surface area contributed by atoms with E-state index in [9.17, 15) is 24.8 Å². The molecule has 1 aromatic rings. The van der Waals surface area contributed by atoms with Gasteiger partial charge in [0, 0.05) is 46.8 Å². The molecule has 170 valence electrons. The van der Waals surface area contributed by atoms with Gasteiger partial charge in [-0.05, 0) is 24.5 Å². The van der Waals surface area contributed by atoms with Crippen LogP contribution in [0.3, 0.4) is 0 Å². The number of ketones is 2. The van der Waals surface area contributed by atoms with E-state index >= 15 is 0 Å². The number of benzene rings is 1. The van der Waals surface area contributed by atoms with Crippen molar-refractivity contribution in [2.75, 3.05) is 7.11 Å². The molecule has 0 fully saturated rings. The highest BCUT2D eigenvalue weighted by Crippen LogP contribution is 2.55. The molecular weight excluding hydrogens is 414 g/mol. The van der Waals surface area contributed by atoms with E-state index in [2.05, 4.69) is 0 Å². The lowest BCUT2D eigenvalue weighted by molar-refractivity contribution is -0.386. The van der Waals surface area contributed by atoms with Gasteiger partial charge in [0.05, 0.1) is 12.0 Å². The number of hydrogen-bond donors (Lipinski definition) is 1. The van der Waals surface area contributed by atoms with E-state index in [1.807, 2.05) is 27.7 Å². The van der Waals surface area contributed by atoms with Crippen molar-refractivity contribution in [2.24, 2.45) is 10.8 Å². The average Bonchev–Trinajstić information content (AvgIpc) is 2.73. The number of carbonyl (C=O) groups is 2. The Bertz CT molecular complexity index is 1120. The molecular formula is C24H27NO7. The Hall–Kier alpha value is -3.16. The van der Waals surface area contributed by atoms with Gasteiger partial charge in [-0.15, -0.1) is 0 Å². The Morgan fingerprint density at radius 2 is 1.75 bits per heavy atom. The molecule has 0 amide bonds. The number of ether oxygens (including phenoxy) is 2. The van der Waals surface area contributed by atoms with Crippen LogP contribution >= 0.6 is 0 Å². The fraction of sp³-hybridized carbons (Fsp3) is 0.500. The first-order valence-electron chi connectivity index (χ1n) is 10.7. The zero-order valence-electron chi connectivity index (χ0n) is 18.9. The third-order valence-corrected chi connectivity index (χ3v) is 6.90. The molecule has 0 saturated heterocycles. The number of rotatable bonds is 3. The third kappa shape index (κ3) is 3.20. The van der Waals surface area contributed by atoms with E-state index in [4.69, 9.17) is 9.47 Å². The highest BCUT2D eigenvalue weighted by molar-refractivity contribution is 6.08. The van der Waals surface area contributed by atoms with Crippen LogP contribution in [-0.2, 0) is 14.3 Å². The molecule has 1 unspecified atom stereocenters. The lowest BCUT2D eigenvalue weighted by Gasteiger charge is -2.44. The number of allylic oxidation sites excluding steroid dienone is 4. The maximum Gasteiger partial charge on any atom is 0.314 e. The van der Waals surface area contributed by atoms with Gasteiger partial charge in [0.25, 0.3) is 0 Å². The van der Waals surface area contributed by atoms with Crippen LogP contribution in [0.1, 0.15) is 64.9 Å². The van der Waals surface area contributed by atoms with Crippen molar-refractivity contribution < 1.29 is 29.1 Å². The summed E-state index contributed by atoms with van der Waals surface area (Å²) in [6.45, 7) is 7.69. The first kappa shape index (κ1) is 22.0. The van der Waals surface area contributed by atoms with Crippen molar-refractivity contribution in [3.63, 3.8) is 0 Å². The molecule has 3 aliphatic rings. The minimum Gasteiger partial charge on any atom is -0.500 e. The number of phenolic OH excluding ortho intramolecular Hbond substituents is 1. The van der Waals surface area contributed by atoms with Crippen LogP contribution in [0, 0.1) is 20.9 Å². The second kappa shape index (κ2) is 7.18. The third-order valence-electron chi connectivity index (χ3n) is 6.90. The van der Waals surface area contributed by atoms with Crippen LogP contribution in [0.4, 0.5) is 5.69 Å². The number of phenols is 1. The van der Waals surface area contributed by atoms with Crippen molar-refractivity contribution in [1.29, 1.82) is 0 Å². The summed E-state index contributed by atoms with van der Waals surface area (Å²) in [5, 5.41) is 21.9. The van der Waals surface area contributed by atoms with Crippen molar-refractivity contribution >= 4 is 17.3 Å². The minimum absolute atomic E-state index is 0.0879. The molecule has 4 rings (SSSR count). The van der Waals surface area contributed by atoms with E-state index in [1.54, 1.807) is 0 Å². The molecule has 2 aliphatic carbocycles. The lowest BCUT2D eigenvalue weighted by Crippen LogP contribution is -2.40. The number of nitro groups is 1. The molecule has 32 heavy (non-hydrogen) atoms. The van der Waals surface area contributed by atoms with Crippen molar-refractivity contribution in [2.45, 2.75) is 59.3 Å². The van der Waals surface area contributed by atoms with E-state index in [1.165, 1.54) is 19.2 Å². The Morgan fingerprint density at radius 1 is 1.09 bits per heavy atom. The summed E-state index contributed by atoms with van der Waals surface area (Å²) < 4.78 is 11.4. The van der Waals surface area contributed by atoms with Gasteiger partial charge in [0.1, 0.15) is 11.5 Å². The maximum atomic E-state index is 13.6. The van der Waals surface area contributed by atoms with Crippen molar-refractivity contribution in [1.82, 2.24) is 0 Å². The molecule has 1 N–H and O–H groups in total. The summed E-state index contributed by atoms with van der Waals surface area (Å²) >= 11 is 0. The molecule has 1 aromatic carbocycles. The molecule has 1 atom stereocenters. The summed E-state index contributed by atoms with van der Waals surface area (Å²) in [5.74, 6) is -0.725. The Morgan fingerprint density at radius 3 is 2.38 bits per heavy atom. The molecule has 0 saturated carbocycles. The van der Waals surface area contributed by atoms with Crippen molar-refractivity contribution in [3.05, 3.63) is 50.5 Å². The van der Waals surface area contributed by atoms with E-state index in [0.717, 1.165) is 0 Å². The standard InChI is InChI=1S/C24H27NO7/c1-23(2)9-7-15-19(21(23)28)17(18-14(26)6-8-24(3,4)22(18)32-15)12-10-13(25(29)30)20(27)16(11-12)31-5/h10-11,17,27H,6-9H2,1-5H3. The van der Waals surface area contributed by atoms with Gasteiger partial charge in [0.2, 0.25) is 5.75 Å². The second-order valence-corrected chi connectivity index (χ2v) is 9.98. The fourth-order valence-electron chi connectivity index (χ4n) is 4.89. The molecule has 0 radical (unpaired) electrons. The number of methoxy groups -OCH3 is 1. The number of aromatic hydroxyl groups is 1. The number of hydrogen-bond acceptors (Lipinski definition) is 7. The topological polar surface area (TPSA) is 116 Å². The van der Waals surface area contributed by atoms with Gasteiger partial charge in [-0.2, -0.15) is 0 Å². The number of Topliss-reactive ketones (excluding diaryl/α,β-unsaturated/α-hetero) is 2. The summed E-state index contributed by atoms with van der Waals surface area (Å²) in [6.07, 6.45) is 2.04. The van der Waals surface area contributed by atoms with Crippen LogP contribution < -0.4 is 4.74 Å². The smallest absolute Gasteiger partial charge is 0.314 e. The molecule has 0 aromatic heterocycles. The number of nitro benzene ring substituents is 1. The maximum absolute atomic E-state index is 13.6. The van der Waals surface area contributed by atoms with Gasteiger partial charge >= 0.3 is 5.69 Å². The van der Waals surface area contributed by atoms with Crippen LogP contribution in [0.15, 0.2) is 34.8 Å². The van der Waals surface area contributed by atoms with Crippen LogP contribution in [-0.4, -0.2) is 28.7 Å². The highest BCUT2D eigenvalue weighted by Gasteiger charge is 2.50. The Labute approximate surface area is 186 Å². The summed E-state index contributed by atoms with van der Waals surface area (Å²) in [5.41, 5.74) is -0.533. The Kier molecular flexibility index (Phi) is 4.95. The Balaban J connectivity index is 2.04. The zero-order valence-corrected chi connectivity index (χ0v) is 18.9. The average molecular weight is 441 g/mol. The van der Waals surface area contributed by atoms with E-state index in [0.29, 0.717) is 53.9 Å². The summed E-state index contributed by atoms with van der Waals surface area (Å²) in [6, 6.07) is 2.70. The quantitative estimate of drug-likeness (QED) is 0.533. The van der Waals surface area contributed by atoms with Gasteiger partial charge < -0.3 is 14.6 Å². The monoisotopic (exact) mass is 441 g/mol. The SMILES string of the molecule is COc1cc(C2C3=C(CCC(C)(C)C3=O)OC3=C2C(=O)CCC3(C)C)cc([N+](=O)[O-])c1O. The van der Waals surface area contributed by atoms with Gasteiger partial charge in [-0.3, -0.25) is 19.7 Å². The lowest BCUT2D eigenvalue weighted by atomic mass is 9.64. The predicted molar refractivity (Wildman–Crippen MR) is 115 cm³/mol. The first-order valence-corrected chi connectivity index (χ1v) is 10.7. The fourth-order valence-corrected chi connectivity index (χ4v) is 4.89. The number of carbonyl (C=O) groups excluding carboxylic acids is 2. The van der Waals surface area contributed by atoms with Gasteiger partial charge in [-0.1, -0.05) is 27.7 Å². The van der Waals surface area contributed by atoms with Crippen LogP contribution in [0.2, 0.25) is 0 Å². The normalized spacial score (nSPS) is 24.0. The largest absolute Gasteiger partial charge is 0.500 e. The minimum atomic E-state index is -0.818. The molecule has 0 bridgehead atoms. The predicted octanol–water partition coefficient (Wildman–Crippen LogP) is 4.71. The van der Waals surface area contributed by atoms with Crippen LogP contribution in [0.5, 0.6) is 11.5 Å². The van der Waals surface area contributed by atoms with E-state index < -0.39 is 33.1 Å². The molecule has 8 heteroatoms. The highest BCUT2D eigenvalue weighted by atomic mass is 16.6.